The Morgan fingerprint density at radius 3 is 2.71 bits per heavy atom. The molecule has 1 amide bonds. The summed E-state index contributed by atoms with van der Waals surface area (Å²) in [7, 11) is 0. The molecule has 1 N–H and O–H groups in total. The molecular formula is C17H22N2O2. The van der Waals surface area contributed by atoms with Gasteiger partial charge >= 0.3 is 0 Å². The molecule has 1 saturated carbocycles. The quantitative estimate of drug-likeness (QED) is 0.905. The van der Waals surface area contributed by atoms with E-state index in [1.54, 1.807) is 12.1 Å². The Kier molecular flexibility index (Phi) is 5.62. The first kappa shape index (κ1) is 15.4. The molecule has 0 heterocycles. The van der Waals surface area contributed by atoms with E-state index in [4.69, 9.17) is 10.00 Å². The zero-order valence-electron chi connectivity index (χ0n) is 12.5. The summed E-state index contributed by atoms with van der Waals surface area (Å²) in [4.78, 5) is 11.9. The van der Waals surface area contributed by atoms with Crippen molar-refractivity contribution in [2.45, 2.75) is 45.1 Å². The van der Waals surface area contributed by atoms with Crippen molar-refractivity contribution in [2.75, 3.05) is 6.61 Å². The minimum Gasteiger partial charge on any atom is -0.484 e. The SMILES string of the molecule is CC1CCCCC1NC(=O)COc1ccc(CC#N)cc1. The number of amides is 1. The van der Waals surface area contributed by atoms with Gasteiger partial charge in [0.1, 0.15) is 5.75 Å². The third-order valence-electron chi connectivity index (χ3n) is 4.03. The van der Waals surface area contributed by atoms with Crippen LogP contribution in [0.25, 0.3) is 0 Å². The minimum absolute atomic E-state index is 0.0425. The van der Waals surface area contributed by atoms with Crippen molar-refractivity contribution in [3.8, 4) is 11.8 Å². The fourth-order valence-electron chi connectivity index (χ4n) is 2.72. The van der Waals surface area contributed by atoms with Crippen LogP contribution in [0.15, 0.2) is 24.3 Å². The van der Waals surface area contributed by atoms with E-state index in [0.717, 1.165) is 12.0 Å². The van der Waals surface area contributed by atoms with Crippen LogP contribution in [-0.2, 0) is 11.2 Å². The summed E-state index contributed by atoms with van der Waals surface area (Å²) in [6.45, 7) is 2.24. The van der Waals surface area contributed by atoms with Gasteiger partial charge in [-0.2, -0.15) is 5.26 Å². The van der Waals surface area contributed by atoms with Crippen molar-refractivity contribution in [2.24, 2.45) is 5.92 Å². The number of ether oxygens (including phenoxy) is 1. The van der Waals surface area contributed by atoms with Crippen LogP contribution in [0.1, 0.15) is 38.2 Å². The molecule has 1 aromatic carbocycles. The van der Waals surface area contributed by atoms with E-state index < -0.39 is 0 Å². The summed E-state index contributed by atoms with van der Waals surface area (Å²) >= 11 is 0. The van der Waals surface area contributed by atoms with Crippen LogP contribution < -0.4 is 10.1 Å². The van der Waals surface area contributed by atoms with E-state index >= 15 is 0 Å². The van der Waals surface area contributed by atoms with E-state index in [1.165, 1.54) is 19.3 Å². The number of carbonyl (C=O) groups is 1. The standard InChI is InChI=1S/C17H22N2O2/c1-13-4-2-3-5-16(13)19-17(20)12-21-15-8-6-14(7-9-15)10-11-18/h6-9,13,16H,2-5,10,12H2,1H3,(H,19,20). The monoisotopic (exact) mass is 286 g/mol. The maximum Gasteiger partial charge on any atom is 0.258 e. The van der Waals surface area contributed by atoms with Crippen LogP contribution in [0.2, 0.25) is 0 Å². The van der Waals surface area contributed by atoms with Crippen molar-refractivity contribution in [1.29, 1.82) is 5.26 Å². The molecule has 2 unspecified atom stereocenters. The molecule has 0 spiro atoms. The average Bonchev–Trinajstić information content (AvgIpc) is 2.49. The Hall–Kier alpha value is -2.02. The first-order valence-electron chi connectivity index (χ1n) is 7.57. The van der Waals surface area contributed by atoms with E-state index in [0.29, 0.717) is 18.1 Å². The van der Waals surface area contributed by atoms with E-state index in [9.17, 15) is 4.79 Å². The van der Waals surface area contributed by atoms with Gasteiger partial charge < -0.3 is 10.1 Å². The smallest absolute Gasteiger partial charge is 0.258 e. The number of rotatable bonds is 5. The van der Waals surface area contributed by atoms with Crippen LogP contribution in [0.4, 0.5) is 0 Å². The Bertz CT molecular complexity index is 505. The van der Waals surface area contributed by atoms with Crippen LogP contribution >= 0.6 is 0 Å². The molecule has 1 aromatic rings. The lowest BCUT2D eigenvalue weighted by atomic mass is 9.86. The maximum atomic E-state index is 11.9. The fourth-order valence-corrected chi connectivity index (χ4v) is 2.72. The number of nitrogens with zero attached hydrogens (tertiary/aromatic N) is 1. The molecule has 1 aliphatic rings. The summed E-state index contributed by atoms with van der Waals surface area (Å²) in [5.41, 5.74) is 0.949. The molecule has 2 atom stereocenters. The highest BCUT2D eigenvalue weighted by atomic mass is 16.5. The van der Waals surface area contributed by atoms with Gasteiger partial charge in [-0.05, 0) is 36.5 Å². The van der Waals surface area contributed by atoms with Crippen LogP contribution in [0.3, 0.4) is 0 Å². The van der Waals surface area contributed by atoms with Gasteiger partial charge in [-0.1, -0.05) is 31.9 Å². The Morgan fingerprint density at radius 1 is 1.33 bits per heavy atom. The van der Waals surface area contributed by atoms with Crippen molar-refractivity contribution < 1.29 is 9.53 Å². The van der Waals surface area contributed by atoms with Gasteiger partial charge in [0, 0.05) is 6.04 Å². The molecule has 0 radical (unpaired) electrons. The Morgan fingerprint density at radius 2 is 2.05 bits per heavy atom. The molecule has 2 rings (SSSR count). The molecular weight excluding hydrogens is 264 g/mol. The second-order valence-electron chi connectivity index (χ2n) is 5.70. The summed E-state index contributed by atoms with van der Waals surface area (Å²) in [6.07, 6.45) is 5.10. The van der Waals surface area contributed by atoms with E-state index in [2.05, 4.69) is 18.3 Å². The Labute approximate surface area is 126 Å². The van der Waals surface area contributed by atoms with Crippen molar-refractivity contribution >= 4 is 5.91 Å². The molecule has 112 valence electrons. The highest BCUT2D eigenvalue weighted by Crippen LogP contribution is 2.23. The van der Waals surface area contributed by atoms with Crippen molar-refractivity contribution in [1.82, 2.24) is 5.32 Å². The zero-order valence-corrected chi connectivity index (χ0v) is 12.5. The van der Waals surface area contributed by atoms with E-state index in [-0.39, 0.29) is 18.6 Å². The molecule has 0 aromatic heterocycles. The third kappa shape index (κ3) is 4.78. The van der Waals surface area contributed by atoms with Crippen LogP contribution in [0.5, 0.6) is 5.75 Å². The van der Waals surface area contributed by atoms with Crippen molar-refractivity contribution in [3.05, 3.63) is 29.8 Å². The molecule has 21 heavy (non-hydrogen) atoms. The lowest BCUT2D eigenvalue weighted by molar-refractivity contribution is -0.124. The lowest BCUT2D eigenvalue weighted by Crippen LogP contribution is -2.43. The normalized spacial score (nSPS) is 21.3. The van der Waals surface area contributed by atoms with Gasteiger partial charge in [0.05, 0.1) is 12.5 Å². The molecule has 0 aliphatic heterocycles. The number of hydrogen-bond acceptors (Lipinski definition) is 3. The van der Waals surface area contributed by atoms with Gasteiger partial charge in [0.15, 0.2) is 6.61 Å². The highest BCUT2D eigenvalue weighted by Gasteiger charge is 2.22. The molecule has 4 heteroatoms. The second-order valence-corrected chi connectivity index (χ2v) is 5.70. The van der Waals surface area contributed by atoms with Crippen LogP contribution in [-0.4, -0.2) is 18.6 Å². The molecule has 0 bridgehead atoms. The number of benzene rings is 1. The van der Waals surface area contributed by atoms with Gasteiger partial charge in [-0.3, -0.25) is 4.79 Å². The average molecular weight is 286 g/mol. The minimum atomic E-state index is -0.0603. The molecule has 1 aliphatic carbocycles. The number of nitrogens with one attached hydrogen (secondary N) is 1. The predicted octanol–water partition coefficient (Wildman–Crippen LogP) is 2.83. The zero-order chi connectivity index (χ0) is 15.1. The highest BCUT2D eigenvalue weighted by molar-refractivity contribution is 5.77. The summed E-state index contributed by atoms with van der Waals surface area (Å²) in [5, 5.41) is 11.7. The summed E-state index contributed by atoms with van der Waals surface area (Å²) in [5.74, 6) is 1.14. The number of hydrogen-bond donors (Lipinski definition) is 1. The maximum absolute atomic E-state index is 11.9. The van der Waals surface area contributed by atoms with E-state index in [1.807, 2.05) is 12.1 Å². The second kappa shape index (κ2) is 7.68. The molecule has 4 nitrogen and oxygen atoms in total. The Balaban J connectivity index is 1.77. The molecule has 1 fully saturated rings. The summed E-state index contributed by atoms with van der Waals surface area (Å²) in [6, 6.07) is 9.67. The lowest BCUT2D eigenvalue weighted by Gasteiger charge is -2.29. The third-order valence-corrected chi connectivity index (χ3v) is 4.03. The van der Waals surface area contributed by atoms with Gasteiger partial charge in [-0.15, -0.1) is 0 Å². The topological polar surface area (TPSA) is 62.1 Å². The first-order chi connectivity index (χ1) is 10.2. The summed E-state index contributed by atoms with van der Waals surface area (Å²) < 4.78 is 5.48. The van der Waals surface area contributed by atoms with Gasteiger partial charge in [0.25, 0.3) is 5.91 Å². The predicted molar refractivity (Wildman–Crippen MR) is 80.8 cm³/mol. The van der Waals surface area contributed by atoms with Gasteiger partial charge in [0.2, 0.25) is 0 Å². The fraction of sp³-hybridized carbons (Fsp3) is 0.529. The van der Waals surface area contributed by atoms with Crippen LogP contribution in [0, 0.1) is 17.2 Å². The van der Waals surface area contributed by atoms with Gasteiger partial charge in [-0.25, -0.2) is 0 Å². The molecule has 0 saturated heterocycles. The first-order valence-corrected chi connectivity index (χ1v) is 7.57. The number of nitriles is 1. The van der Waals surface area contributed by atoms with Crippen molar-refractivity contribution in [3.63, 3.8) is 0 Å². The number of carbonyl (C=O) groups excluding carboxylic acids is 1. The largest absolute Gasteiger partial charge is 0.484 e.